The van der Waals surface area contributed by atoms with Crippen LogP contribution in [0.5, 0.6) is 0 Å². The summed E-state index contributed by atoms with van der Waals surface area (Å²) in [5.41, 5.74) is 2.29. The molecule has 2 aromatic carbocycles. The molecule has 88 valence electrons. The first-order valence-electron chi connectivity index (χ1n) is 5.71. The average Bonchev–Trinajstić information content (AvgIpc) is 2.33. The summed E-state index contributed by atoms with van der Waals surface area (Å²) in [7, 11) is 0. The minimum Gasteiger partial charge on any atom is -0.207 e. The zero-order chi connectivity index (χ0) is 12.3. The van der Waals surface area contributed by atoms with E-state index in [-0.39, 0.29) is 11.7 Å². The van der Waals surface area contributed by atoms with E-state index in [4.69, 9.17) is 11.6 Å². The second kappa shape index (κ2) is 5.33. The Morgan fingerprint density at radius 2 is 1.76 bits per heavy atom. The van der Waals surface area contributed by atoms with Crippen LogP contribution >= 0.6 is 11.6 Å². The summed E-state index contributed by atoms with van der Waals surface area (Å²) < 4.78 is 12.9. The summed E-state index contributed by atoms with van der Waals surface area (Å²) in [5, 5.41) is 0.739. The molecule has 0 aromatic heterocycles. The molecular weight excluding hydrogens is 235 g/mol. The molecule has 0 nitrogen and oxygen atoms in total. The van der Waals surface area contributed by atoms with Crippen molar-refractivity contribution in [2.45, 2.75) is 19.3 Å². The molecule has 0 aliphatic rings. The van der Waals surface area contributed by atoms with Crippen LogP contribution in [0, 0.1) is 5.82 Å². The summed E-state index contributed by atoms with van der Waals surface area (Å²) in [5.74, 6) is 0.0731. The lowest BCUT2D eigenvalue weighted by Gasteiger charge is -2.16. The largest absolute Gasteiger partial charge is 0.207 e. The van der Waals surface area contributed by atoms with Gasteiger partial charge in [-0.2, -0.15) is 0 Å². The van der Waals surface area contributed by atoms with E-state index in [0.29, 0.717) is 0 Å². The van der Waals surface area contributed by atoms with E-state index >= 15 is 0 Å². The molecule has 0 N–H and O–H groups in total. The van der Waals surface area contributed by atoms with Gasteiger partial charge in [-0.3, -0.25) is 0 Å². The normalized spacial score (nSPS) is 12.4. The highest BCUT2D eigenvalue weighted by molar-refractivity contribution is 6.30. The molecule has 1 unspecified atom stereocenters. The first-order chi connectivity index (χ1) is 8.20. The number of hydrogen-bond donors (Lipinski definition) is 0. The highest BCUT2D eigenvalue weighted by Crippen LogP contribution is 2.29. The van der Waals surface area contributed by atoms with Crippen LogP contribution in [-0.2, 0) is 0 Å². The van der Waals surface area contributed by atoms with E-state index in [1.807, 2.05) is 30.3 Å². The Kier molecular flexibility index (Phi) is 3.80. The fourth-order valence-corrected chi connectivity index (χ4v) is 2.28. The van der Waals surface area contributed by atoms with Crippen molar-refractivity contribution < 1.29 is 4.39 Å². The van der Waals surface area contributed by atoms with E-state index in [1.54, 1.807) is 0 Å². The van der Waals surface area contributed by atoms with Gasteiger partial charge in [0.15, 0.2) is 0 Å². The van der Waals surface area contributed by atoms with Crippen molar-refractivity contribution in [3.05, 3.63) is 70.5 Å². The lowest BCUT2D eigenvalue weighted by Crippen LogP contribution is -1.99. The van der Waals surface area contributed by atoms with Gasteiger partial charge >= 0.3 is 0 Å². The van der Waals surface area contributed by atoms with Gasteiger partial charge in [-0.15, -0.1) is 0 Å². The van der Waals surface area contributed by atoms with Crippen LogP contribution in [0.4, 0.5) is 4.39 Å². The average molecular weight is 249 g/mol. The third-order valence-electron chi connectivity index (χ3n) is 2.93. The number of benzene rings is 2. The highest BCUT2D eigenvalue weighted by Gasteiger charge is 2.12. The molecule has 0 heterocycles. The van der Waals surface area contributed by atoms with Gasteiger partial charge in [-0.25, -0.2) is 4.39 Å². The molecule has 0 saturated carbocycles. The summed E-state index contributed by atoms with van der Waals surface area (Å²) in [6.07, 6.45) is 0.964. The fourth-order valence-electron chi connectivity index (χ4n) is 2.08. The number of hydrogen-bond acceptors (Lipinski definition) is 0. The lowest BCUT2D eigenvalue weighted by atomic mass is 9.89. The van der Waals surface area contributed by atoms with Gasteiger partial charge in [0, 0.05) is 10.9 Å². The van der Waals surface area contributed by atoms with Crippen molar-refractivity contribution in [3.63, 3.8) is 0 Å². The van der Waals surface area contributed by atoms with Gasteiger partial charge < -0.3 is 0 Å². The first kappa shape index (κ1) is 12.1. The topological polar surface area (TPSA) is 0 Å². The second-order valence-electron chi connectivity index (χ2n) is 4.07. The van der Waals surface area contributed by atoms with Crippen molar-refractivity contribution in [1.82, 2.24) is 0 Å². The van der Waals surface area contributed by atoms with Gasteiger partial charge in [-0.1, -0.05) is 42.8 Å². The van der Waals surface area contributed by atoms with Crippen molar-refractivity contribution in [2.75, 3.05) is 0 Å². The summed E-state index contributed by atoms with van der Waals surface area (Å²) in [6.45, 7) is 2.12. The van der Waals surface area contributed by atoms with Crippen molar-refractivity contribution in [3.8, 4) is 0 Å². The Morgan fingerprint density at radius 1 is 1.06 bits per heavy atom. The minimum absolute atomic E-state index is 0.199. The van der Waals surface area contributed by atoms with Gasteiger partial charge in [-0.05, 0) is 41.8 Å². The van der Waals surface area contributed by atoms with Crippen molar-refractivity contribution in [1.29, 1.82) is 0 Å². The van der Waals surface area contributed by atoms with Crippen LogP contribution in [-0.4, -0.2) is 0 Å². The van der Waals surface area contributed by atoms with Crippen LogP contribution in [0.2, 0.25) is 5.02 Å². The van der Waals surface area contributed by atoms with E-state index in [1.165, 1.54) is 17.7 Å². The predicted octanol–water partition coefficient (Wildman–Crippen LogP) is 5.02. The minimum atomic E-state index is -0.199. The Balaban J connectivity index is 2.36. The van der Waals surface area contributed by atoms with Gasteiger partial charge in [0.2, 0.25) is 0 Å². The molecule has 0 saturated heterocycles. The van der Waals surface area contributed by atoms with Crippen LogP contribution < -0.4 is 0 Å². The van der Waals surface area contributed by atoms with Gasteiger partial charge in [0.05, 0.1) is 0 Å². The predicted molar refractivity (Wildman–Crippen MR) is 70.0 cm³/mol. The molecule has 0 fully saturated rings. The molecule has 0 aliphatic carbocycles. The third-order valence-corrected chi connectivity index (χ3v) is 3.17. The van der Waals surface area contributed by atoms with Gasteiger partial charge in [0.25, 0.3) is 0 Å². The molecule has 0 amide bonds. The molecule has 2 heteroatoms. The van der Waals surface area contributed by atoms with E-state index in [2.05, 4.69) is 13.0 Å². The smallest absolute Gasteiger partial charge is 0.123 e. The molecule has 0 bridgehead atoms. The molecule has 2 aromatic rings. The zero-order valence-corrected chi connectivity index (χ0v) is 10.4. The molecular formula is C15H14ClF. The molecule has 17 heavy (non-hydrogen) atoms. The standard InChI is InChI=1S/C15H14ClF/c1-2-15(11-6-8-14(17)9-7-11)12-4-3-5-13(16)10-12/h3-10,15H,2H2,1H3. The maximum absolute atomic E-state index is 12.9. The zero-order valence-electron chi connectivity index (χ0n) is 9.66. The van der Waals surface area contributed by atoms with Gasteiger partial charge in [0.1, 0.15) is 5.82 Å². The number of rotatable bonds is 3. The molecule has 0 aliphatic heterocycles. The maximum atomic E-state index is 12.9. The van der Waals surface area contributed by atoms with Crippen LogP contribution in [0.1, 0.15) is 30.4 Å². The quantitative estimate of drug-likeness (QED) is 0.715. The summed E-state index contributed by atoms with van der Waals surface area (Å²) in [4.78, 5) is 0. The van der Waals surface area contributed by atoms with Crippen molar-refractivity contribution in [2.24, 2.45) is 0 Å². The Bertz CT molecular complexity index is 491. The lowest BCUT2D eigenvalue weighted by molar-refractivity contribution is 0.625. The SMILES string of the molecule is CCC(c1ccc(F)cc1)c1cccc(Cl)c1. The molecule has 0 radical (unpaired) electrons. The Hall–Kier alpha value is -1.34. The van der Waals surface area contributed by atoms with Crippen LogP contribution in [0.3, 0.4) is 0 Å². The van der Waals surface area contributed by atoms with Crippen LogP contribution in [0.15, 0.2) is 48.5 Å². The number of halogens is 2. The highest BCUT2D eigenvalue weighted by atomic mass is 35.5. The summed E-state index contributed by atoms with van der Waals surface area (Å²) >= 11 is 6.00. The first-order valence-corrected chi connectivity index (χ1v) is 6.09. The van der Waals surface area contributed by atoms with Crippen molar-refractivity contribution >= 4 is 11.6 Å². The Labute approximate surface area is 106 Å². The molecule has 1 atom stereocenters. The fraction of sp³-hybridized carbons (Fsp3) is 0.200. The molecule has 2 rings (SSSR count). The monoisotopic (exact) mass is 248 g/mol. The van der Waals surface area contributed by atoms with Crippen LogP contribution in [0.25, 0.3) is 0 Å². The second-order valence-corrected chi connectivity index (χ2v) is 4.50. The van der Waals surface area contributed by atoms with E-state index in [0.717, 1.165) is 17.0 Å². The molecule has 0 spiro atoms. The maximum Gasteiger partial charge on any atom is 0.123 e. The van der Waals surface area contributed by atoms with E-state index < -0.39 is 0 Å². The Morgan fingerprint density at radius 3 is 2.35 bits per heavy atom. The van der Waals surface area contributed by atoms with E-state index in [9.17, 15) is 4.39 Å². The third kappa shape index (κ3) is 2.86. The summed E-state index contributed by atoms with van der Waals surface area (Å²) in [6, 6.07) is 14.5.